The van der Waals surface area contributed by atoms with Gasteiger partial charge in [-0.1, -0.05) is 31.9 Å². The van der Waals surface area contributed by atoms with E-state index in [4.69, 9.17) is 20.8 Å². The number of fused-ring (bicyclic) bond motifs is 1. The summed E-state index contributed by atoms with van der Waals surface area (Å²) in [6.07, 6.45) is 3.19. The third-order valence-corrected chi connectivity index (χ3v) is 7.95. The van der Waals surface area contributed by atoms with Crippen LogP contribution in [0.2, 0.25) is 5.02 Å². The Morgan fingerprint density at radius 3 is 2.86 bits per heavy atom. The lowest BCUT2D eigenvalue weighted by Crippen LogP contribution is -2.48. The smallest absolute Gasteiger partial charge is 0.290 e. The van der Waals surface area contributed by atoms with E-state index in [9.17, 15) is 9.59 Å². The van der Waals surface area contributed by atoms with Crippen molar-refractivity contribution in [2.24, 2.45) is 5.92 Å². The van der Waals surface area contributed by atoms with Gasteiger partial charge in [0.1, 0.15) is 18.9 Å². The van der Waals surface area contributed by atoms with Gasteiger partial charge < -0.3 is 19.0 Å². The predicted molar refractivity (Wildman–Crippen MR) is 138 cm³/mol. The van der Waals surface area contributed by atoms with Crippen LogP contribution in [0.25, 0.3) is 0 Å². The maximum atomic E-state index is 13.6. The zero-order valence-corrected chi connectivity index (χ0v) is 21.9. The number of ether oxygens (including phenoxy) is 1. The fraction of sp³-hybridized carbons (Fsp3) is 0.407. The summed E-state index contributed by atoms with van der Waals surface area (Å²) in [5, 5.41) is 2.75. The highest BCUT2D eigenvalue weighted by Gasteiger charge is 2.34. The minimum atomic E-state index is -0.263. The molecular weight excluding hydrogens is 484 g/mol. The number of rotatable bonds is 9. The molecule has 35 heavy (non-hydrogen) atoms. The number of aryl methyl sites for hydroxylation is 1. The predicted octanol–water partition coefficient (Wildman–Crippen LogP) is 6.00. The number of hydrogen-bond donors (Lipinski definition) is 0. The van der Waals surface area contributed by atoms with Crippen LogP contribution < -0.4 is 4.74 Å². The summed E-state index contributed by atoms with van der Waals surface area (Å²) < 4.78 is 11.5. The summed E-state index contributed by atoms with van der Waals surface area (Å²) in [4.78, 5) is 31.5. The Morgan fingerprint density at radius 2 is 2.14 bits per heavy atom. The Hall–Kier alpha value is -2.77. The molecule has 1 aliphatic rings. The number of nitrogens with zero attached hydrogens (tertiary/aromatic N) is 2. The Labute approximate surface area is 215 Å². The zero-order chi connectivity index (χ0) is 24.9. The highest BCUT2D eigenvalue weighted by molar-refractivity contribution is 7.10. The molecule has 0 fully saturated rings. The van der Waals surface area contributed by atoms with Crippen LogP contribution in [0.5, 0.6) is 5.75 Å². The third-order valence-electron chi connectivity index (χ3n) is 6.53. The Bertz CT molecular complexity index is 1160. The monoisotopic (exact) mass is 514 g/mol. The van der Waals surface area contributed by atoms with Crippen molar-refractivity contribution in [3.63, 3.8) is 0 Å². The Kier molecular flexibility index (Phi) is 8.19. The molecule has 0 radical (unpaired) electrons. The average molecular weight is 515 g/mol. The minimum Gasteiger partial charge on any atom is -0.491 e. The molecule has 0 unspecified atom stereocenters. The highest BCUT2D eigenvalue weighted by Crippen LogP contribution is 2.34. The molecule has 3 aromatic rings. The Morgan fingerprint density at radius 1 is 1.31 bits per heavy atom. The molecule has 2 aromatic heterocycles. The molecule has 0 bridgehead atoms. The van der Waals surface area contributed by atoms with Crippen LogP contribution in [0.3, 0.4) is 0 Å². The van der Waals surface area contributed by atoms with Crippen LogP contribution in [0.15, 0.2) is 52.5 Å². The van der Waals surface area contributed by atoms with Crippen molar-refractivity contribution in [1.82, 2.24) is 9.80 Å². The molecule has 1 aromatic carbocycles. The summed E-state index contributed by atoms with van der Waals surface area (Å²) in [5.41, 5.74) is 2.06. The average Bonchev–Trinajstić information content (AvgIpc) is 3.56. The summed E-state index contributed by atoms with van der Waals surface area (Å²) in [7, 11) is 0. The standard InChI is InChI=1S/C27H31ClN2O4S/c1-4-18(2)15-29(27(32)24-6-5-12-33-24)16-26(31)30-11-9-25-21(10-13-35-25)23(30)17-34-20-7-8-22(28)19(3)14-20/h5-8,10,12-14,18,23H,4,9,11,15-17H2,1-3H3/t18-,23-/m1/s1. The van der Waals surface area contributed by atoms with E-state index in [2.05, 4.69) is 25.3 Å². The van der Waals surface area contributed by atoms with E-state index in [0.29, 0.717) is 30.5 Å². The lowest BCUT2D eigenvalue weighted by atomic mass is 10.00. The van der Waals surface area contributed by atoms with Gasteiger partial charge in [-0.2, -0.15) is 0 Å². The molecule has 4 rings (SSSR count). The van der Waals surface area contributed by atoms with Gasteiger partial charge in [0.15, 0.2) is 5.76 Å². The van der Waals surface area contributed by atoms with Crippen molar-refractivity contribution in [3.8, 4) is 5.75 Å². The topological polar surface area (TPSA) is 63.0 Å². The van der Waals surface area contributed by atoms with E-state index < -0.39 is 0 Å². The summed E-state index contributed by atoms with van der Waals surface area (Å²) in [5.74, 6) is 0.872. The van der Waals surface area contributed by atoms with Gasteiger partial charge in [0, 0.05) is 23.0 Å². The molecule has 0 aliphatic carbocycles. The first-order valence-electron chi connectivity index (χ1n) is 11.9. The van der Waals surface area contributed by atoms with Crippen LogP contribution in [0.1, 0.15) is 52.9 Å². The molecule has 8 heteroatoms. The van der Waals surface area contributed by atoms with E-state index in [1.54, 1.807) is 28.4 Å². The van der Waals surface area contributed by atoms with Gasteiger partial charge in [-0.3, -0.25) is 9.59 Å². The fourth-order valence-electron chi connectivity index (χ4n) is 4.29. The second kappa shape index (κ2) is 11.3. The first-order valence-corrected chi connectivity index (χ1v) is 13.2. The van der Waals surface area contributed by atoms with Crippen molar-refractivity contribution in [1.29, 1.82) is 0 Å². The van der Waals surface area contributed by atoms with Crippen LogP contribution >= 0.6 is 22.9 Å². The Balaban J connectivity index is 1.53. The molecule has 1 aliphatic heterocycles. The van der Waals surface area contributed by atoms with Gasteiger partial charge in [0.25, 0.3) is 5.91 Å². The van der Waals surface area contributed by atoms with Crippen LogP contribution in [0, 0.1) is 12.8 Å². The number of carbonyl (C=O) groups is 2. The molecule has 6 nitrogen and oxygen atoms in total. The van der Waals surface area contributed by atoms with Gasteiger partial charge >= 0.3 is 0 Å². The maximum absolute atomic E-state index is 13.6. The van der Waals surface area contributed by atoms with Gasteiger partial charge in [-0.25, -0.2) is 0 Å². The second-order valence-corrected chi connectivity index (χ2v) is 10.5. The number of carbonyl (C=O) groups excluding carboxylic acids is 2. The quantitative estimate of drug-likeness (QED) is 0.351. The van der Waals surface area contributed by atoms with Crippen molar-refractivity contribution in [3.05, 3.63) is 74.8 Å². The van der Waals surface area contributed by atoms with Crippen molar-refractivity contribution >= 4 is 34.8 Å². The number of benzene rings is 1. The summed E-state index contributed by atoms with van der Waals surface area (Å²) >= 11 is 7.87. The van der Waals surface area contributed by atoms with Crippen LogP contribution in [-0.4, -0.2) is 47.9 Å². The molecule has 0 N–H and O–H groups in total. The maximum Gasteiger partial charge on any atom is 0.290 e. The van der Waals surface area contributed by atoms with Gasteiger partial charge in [-0.05, 0) is 72.2 Å². The number of hydrogen-bond acceptors (Lipinski definition) is 5. The van der Waals surface area contributed by atoms with Crippen LogP contribution in [0.4, 0.5) is 0 Å². The van der Waals surface area contributed by atoms with Gasteiger partial charge in [0.2, 0.25) is 5.91 Å². The normalized spacial score (nSPS) is 16.0. The number of furan rings is 1. The second-order valence-electron chi connectivity index (χ2n) is 9.05. The molecule has 2 atom stereocenters. The first-order chi connectivity index (χ1) is 16.9. The molecule has 186 valence electrons. The van der Waals surface area contributed by atoms with Crippen LogP contribution in [-0.2, 0) is 11.2 Å². The minimum absolute atomic E-state index is 0.000102. The summed E-state index contributed by atoms with van der Waals surface area (Å²) in [6.45, 7) is 7.50. The fourth-order valence-corrected chi connectivity index (χ4v) is 5.34. The van der Waals surface area contributed by atoms with Crippen molar-refractivity contribution in [2.45, 2.75) is 39.7 Å². The first kappa shape index (κ1) is 25.3. The van der Waals surface area contributed by atoms with Crippen molar-refractivity contribution < 1.29 is 18.7 Å². The molecular formula is C27H31ClN2O4S. The van der Waals surface area contributed by atoms with Gasteiger partial charge in [-0.15, -0.1) is 11.3 Å². The van der Waals surface area contributed by atoms with E-state index in [0.717, 1.165) is 24.0 Å². The lowest BCUT2D eigenvalue weighted by Gasteiger charge is -2.37. The third kappa shape index (κ3) is 5.90. The lowest BCUT2D eigenvalue weighted by molar-refractivity contribution is -0.135. The van der Waals surface area contributed by atoms with E-state index >= 15 is 0 Å². The SMILES string of the molecule is CC[C@@H](C)CN(CC(=O)N1CCc2sccc2[C@H]1COc1ccc(Cl)c(C)c1)C(=O)c1ccco1. The molecule has 2 amide bonds. The number of amides is 2. The molecule has 0 saturated heterocycles. The number of thiophene rings is 1. The molecule has 3 heterocycles. The highest BCUT2D eigenvalue weighted by atomic mass is 35.5. The molecule has 0 saturated carbocycles. The number of halogens is 1. The van der Waals surface area contributed by atoms with E-state index in [-0.39, 0.29) is 36.1 Å². The largest absolute Gasteiger partial charge is 0.491 e. The zero-order valence-electron chi connectivity index (χ0n) is 20.3. The van der Waals surface area contributed by atoms with E-state index in [1.807, 2.05) is 30.0 Å². The molecule has 0 spiro atoms. The van der Waals surface area contributed by atoms with E-state index in [1.165, 1.54) is 11.1 Å². The summed E-state index contributed by atoms with van der Waals surface area (Å²) in [6, 6.07) is 10.7. The van der Waals surface area contributed by atoms with Crippen molar-refractivity contribution in [2.75, 3.05) is 26.2 Å². The van der Waals surface area contributed by atoms with Gasteiger partial charge in [0.05, 0.1) is 12.3 Å².